The number of para-hydroxylation sites is 3. The maximum Gasteiger partial charge on any atom is 0.239 e. The van der Waals surface area contributed by atoms with E-state index in [1.165, 1.54) is 23.1 Å². The van der Waals surface area contributed by atoms with Crippen LogP contribution in [0.3, 0.4) is 0 Å². The number of thioether (sulfide) groups is 1. The van der Waals surface area contributed by atoms with Gasteiger partial charge in [-0.05, 0) is 61.6 Å². The molecule has 10 heteroatoms. The van der Waals surface area contributed by atoms with Gasteiger partial charge in [0.15, 0.2) is 10.2 Å². The van der Waals surface area contributed by atoms with Crippen LogP contribution in [-0.2, 0) is 4.79 Å². The van der Waals surface area contributed by atoms with E-state index in [9.17, 15) is 4.79 Å². The normalized spacial score (nSPS) is 11.3. The Morgan fingerprint density at radius 3 is 2.46 bits per heavy atom. The average Bonchev–Trinajstić information content (AvgIpc) is 3.37. The van der Waals surface area contributed by atoms with Crippen LogP contribution >= 0.6 is 35.3 Å². The molecule has 190 valence electrons. The highest BCUT2D eigenvalue weighted by Gasteiger charge is 2.17. The number of aromatic nitrogens is 1. The summed E-state index contributed by atoms with van der Waals surface area (Å²) in [6, 6.07) is 23.0. The number of thiazole rings is 1. The summed E-state index contributed by atoms with van der Waals surface area (Å²) in [6.07, 6.45) is 0. The van der Waals surface area contributed by atoms with Crippen molar-refractivity contribution >= 4 is 62.8 Å². The van der Waals surface area contributed by atoms with E-state index in [0.29, 0.717) is 16.0 Å². The summed E-state index contributed by atoms with van der Waals surface area (Å²) in [5.41, 5.74) is 3.22. The zero-order chi connectivity index (χ0) is 26.2. The number of nitrogens with zero attached hydrogens (tertiary/aromatic N) is 1. The number of methoxy groups -OCH3 is 2. The molecule has 3 N–H and O–H groups in total. The molecule has 0 aliphatic carbocycles. The van der Waals surface area contributed by atoms with E-state index in [-0.39, 0.29) is 11.2 Å². The third kappa shape index (κ3) is 7.00. The van der Waals surface area contributed by atoms with Gasteiger partial charge in [-0.15, -0.1) is 23.1 Å². The first-order chi connectivity index (χ1) is 18.0. The summed E-state index contributed by atoms with van der Waals surface area (Å²) in [7, 11) is 3.24. The Balaban J connectivity index is 1.35. The second-order valence-electron chi connectivity index (χ2n) is 7.79. The molecule has 7 nitrogen and oxygen atoms in total. The predicted molar refractivity (Wildman–Crippen MR) is 157 cm³/mol. The summed E-state index contributed by atoms with van der Waals surface area (Å²) >= 11 is 8.29. The molecule has 1 atom stereocenters. The van der Waals surface area contributed by atoms with Gasteiger partial charge in [-0.1, -0.05) is 30.3 Å². The number of amides is 1. The Morgan fingerprint density at radius 2 is 1.68 bits per heavy atom. The summed E-state index contributed by atoms with van der Waals surface area (Å²) in [6.45, 7) is 1.86. The van der Waals surface area contributed by atoms with E-state index in [2.05, 4.69) is 20.9 Å². The smallest absolute Gasteiger partial charge is 0.239 e. The average molecular weight is 551 g/mol. The van der Waals surface area contributed by atoms with E-state index < -0.39 is 0 Å². The minimum Gasteiger partial charge on any atom is -0.496 e. The number of carbonyl (C=O) groups excluding carboxylic acids is 1. The number of nitrogens with one attached hydrogen (secondary N) is 3. The van der Waals surface area contributed by atoms with Gasteiger partial charge in [0.25, 0.3) is 0 Å². The molecule has 1 aromatic heterocycles. The minimum atomic E-state index is -0.340. The second-order valence-corrected chi connectivity index (χ2v) is 10.5. The van der Waals surface area contributed by atoms with Crippen molar-refractivity contribution < 1.29 is 14.3 Å². The van der Waals surface area contributed by atoms with Gasteiger partial charge in [-0.25, -0.2) is 4.98 Å². The fraction of sp³-hybridized carbons (Fsp3) is 0.148. The third-order valence-corrected chi connectivity index (χ3v) is 7.30. The molecule has 1 unspecified atom stereocenters. The molecule has 3 aromatic carbocycles. The number of benzene rings is 3. The van der Waals surface area contributed by atoms with Crippen LogP contribution in [0.25, 0.3) is 11.3 Å². The van der Waals surface area contributed by atoms with E-state index in [1.807, 2.05) is 85.1 Å². The number of hydrogen-bond donors (Lipinski definition) is 3. The van der Waals surface area contributed by atoms with Crippen molar-refractivity contribution in [3.8, 4) is 22.8 Å². The topological polar surface area (TPSA) is 84.5 Å². The van der Waals surface area contributed by atoms with Crippen LogP contribution in [0.15, 0.2) is 83.1 Å². The lowest BCUT2D eigenvalue weighted by Crippen LogP contribution is -2.22. The maximum atomic E-state index is 12.9. The van der Waals surface area contributed by atoms with Crippen LogP contribution in [0.4, 0.5) is 16.5 Å². The third-order valence-electron chi connectivity index (χ3n) is 5.25. The number of ether oxygens (including phenoxy) is 2. The monoisotopic (exact) mass is 550 g/mol. The number of rotatable bonds is 9. The van der Waals surface area contributed by atoms with Crippen LogP contribution in [0.2, 0.25) is 0 Å². The highest BCUT2D eigenvalue weighted by molar-refractivity contribution is 8.00. The Kier molecular flexibility index (Phi) is 8.99. The Labute approximate surface area is 229 Å². The second kappa shape index (κ2) is 12.6. The largest absolute Gasteiger partial charge is 0.496 e. The molecule has 0 aliphatic rings. The van der Waals surface area contributed by atoms with Crippen molar-refractivity contribution in [2.75, 3.05) is 30.2 Å². The van der Waals surface area contributed by atoms with Gasteiger partial charge in [0, 0.05) is 21.5 Å². The fourth-order valence-electron chi connectivity index (χ4n) is 3.46. The molecular weight excluding hydrogens is 525 g/mol. The molecule has 0 spiro atoms. The molecule has 0 bridgehead atoms. The van der Waals surface area contributed by atoms with Gasteiger partial charge in [0.2, 0.25) is 5.91 Å². The first-order valence-electron chi connectivity index (χ1n) is 11.3. The van der Waals surface area contributed by atoms with Crippen molar-refractivity contribution in [3.05, 3.63) is 78.2 Å². The van der Waals surface area contributed by atoms with Gasteiger partial charge in [0.1, 0.15) is 11.5 Å². The van der Waals surface area contributed by atoms with E-state index >= 15 is 0 Å². The lowest BCUT2D eigenvalue weighted by atomic mass is 10.1. The molecular formula is C27H26N4O3S3. The summed E-state index contributed by atoms with van der Waals surface area (Å²) in [4.78, 5) is 18.4. The van der Waals surface area contributed by atoms with E-state index in [0.717, 1.165) is 33.3 Å². The Morgan fingerprint density at radius 1 is 0.946 bits per heavy atom. The molecule has 37 heavy (non-hydrogen) atoms. The number of hydrogen-bond acceptors (Lipinski definition) is 7. The summed E-state index contributed by atoms with van der Waals surface area (Å²) < 4.78 is 10.8. The van der Waals surface area contributed by atoms with Crippen LogP contribution in [-0.4, -0.2) is 35.5 Å². The molecule has 0 saturated carbocycles. The molecule has 1 amide bonds. The first-order valence-corrected chi connectivity index (χ1v) is 13.5. The summed E-state index contributed by atoms with van der Waals surface area (Å²) in [5.74, 6) is 1.31. The van der Waals surface area contributed by atoms with Gasteiger partial charge in [-0.2, -0.15) is 0 Å². The summed E-state index contributed by atoms with van der Waals surface area (Å²) in [5, 5.41) is 11.8. The molecule has 4 aromatic rings. The van der Waals surface area contributed by atoms with Crippen molar-refractivity contribution in [2.24, 2.45) is 0 Å². The molecule has 1 heterocycles. The van der Waals surface area contributed by atoms with Crippen molar-refractivity contribution in [1.29, 1.82) is 0 Å². The van der Waals surface area contributed by atoms with Crippen molar-refractivity contribution in [1.82, 2.24) is 4.98 Å². The lowest BCUT2D eigenvalue weighted by molar-refractivity contribution is -0.115. The maximum absolute atomic E-state index is 12.9. The van der Waals surface area contributed by atoms with E-state index in [4.69, 9.17) is 21.7 Å². The zero-order valence-corrected chi connectivity index (χ0v) is 22.9. The molecule has 0 saturated heterocycles. The molecule has 0 fully saturated rings. The highest BCUT2D eigenvalue weighted by Crippen LogP contribution is 2.33. The zero-order valence-electron chi connectivity index (χ0n) is 20.5. The van der Waals surface area contributed by atoms with Crippen LogP contribution in [0, 0.1) is 0 Å². The predicted octanol–water partition coefficient (Wildman–Crippen LogP) is 6.76. The molecule has 0 radical (unpaired) electrons. The van der Waals surface area contributed by atoms with Crippen LogP contribution in [0.1, 0.15) is 6.92 Å². The van der Waals surface area contributed by atoms with E-state index in [1.54, 1.807) is 14.2 Å². The van der Waals surface area contributed by atoms with Gasteiger partial charge in [-0.3, -0.25) is 4.79 Å². The van der Waals surface area contributed by atoms with Gasteiger partial charge < -0.3 is 25.4 Å². The number of carbonyl (C=O) groups is 1. The standard InChI is InChI=1S/C27H26N4O3S3/c1-17(25(32)31-27-30-22(16-36-27)20-11-4-6-13-23(20)33-2)37-19-10-8-9-18(15-19)28-26(35)29-21-12-5-7-14-24(21)34-3/h4-17H,1-3H3,(H2,28,29,35)(H,30,31,32). The van der Waals surface area contributed by atoms with Crippen LogP contribution in [0.5, 0.6) is 11.5 Å². The molecule has 0 aliphatic heterocycles. The quantitative estimate of drug-likeness (QED) is 0.156. The highest BCUT2D eigenvalue weighted by atomic mass is 32.2. The Bertz CT molecular complexity index is 1390. The molecule has 4 rings (SSSR count). The Hall–Kier alpha value is -3.60. The van der Waals surface area contributed by atoms with Gasteiger partial charge >= 0.3 is 0 Å². The van der Waals surface area contributed by atoms with Gasteiger partial charge in [0.05, 0.1) is 30.9 Å². The van der Waals surface area contributed by atoms with Crippen molar-refractivity contribution in [2.45, 2.75) is 17.1 Å². The number of thiocarbonyl (C=S) groups is 1. The number of anilines is 3. The lowest BCUT2D eigenvalue weighted by Gasteiger charge is -2.14. The SMILES string of the molecule is COc1ccccc1NC(=S)Nc1cccc(SC(C)C(=O)Nc2nc(-c3ccccc3OC)cs2)c1. The fourth-order valence-corrected chi connectivity index (χ4v) is 5.32. The first kappa shape index (κ1) is 26.5. The van der Waals surface area contributed by atoms with Crippen LogP contribution < -0.4 is 25.4 Å². The van der Waals surface area contributed by atoms with Crippen molar-refractivity contribution in [3.63, 3.8) is 0 Å². The minimum absolute atomic E-state index is 0.127.